The van der Waals surface area contributed by atoms with Gasteiger partial charge in [0.05, 0.1) is 28.3 Å². The third-order valence-electron chi connectivity index (χ3n) is 7.82. The Balaban J connectivity index is 1.78. The summed E-state index contributed by atoms with van der Waals surface area (Å²) in [6.07, 6.45) is 4.58. The smallest absolute Gasteiger partial charge is 0.336 e. The average Bonchev–Trinajstić information content (AvgIpc) is 2.99. The van der Waals surface area contributed by atoms with Gasteiger partial charge in [0.15, 0.2) is 0 Å². The van der Waals surface area contributed by atoms with Crippen LogP contribution in [0.15, 0.2) is 91.0 Å². The monoisotopic (exact) mass is 616 g/mol. The summed E-state index contributed by atoms with van der Waals surface area (Å²) in [4.78, 5) is 25.0. The Morgan fingerprint density at radius 1 is 0.756 bits per heavy atom. The summed E-state index contributed by atoms with van der Waals surface area (Å²) in [6, 6.07) is 20.4. The highest BCUT2D eigenvalue weighted by Gasteiger charge is 2.28. The van der Waals surface area contributed by atoms with Crippen LogP contribution in [0.25, 0.3) is 22.3 Å². The Hall–Kier alpha value is -4.07. The van der Waals surface area contributed by atoms with E-state index in [0.717, 1.165) is 24.0 Å². The second kappa shape index (κ2) is 15.3. The zero-order valence-electron chi connectivity index (χ0n) is 27.0. The lowest BCUT2D eigenvalue weighted by atomic mass is 9.95. The zero-order valence-corrected chi connectivity index (χ0v) is 27.0. The first-order chi connectivity index (χ1) is 21.1. The number of aryl methyl sites for hydroxylation is 1. The third kappa shape index (κ3) is 9.96. The van der Waals surface area contributed by atoms with Crippen molar-refractivity contribution in [1.29, 1.82) is 0 Å². The number of esters is 2. The van der Waals surface area contributed by atoms with Gasteiger partial charge in [-0.2, -0.15) is 0 Å². The second-order valence-electron chi connectivity index (χ2n) is 12.4. The molecule has 6 nitrogen and oxygen atoms in total. The van der Waals surface area contributed by atoms with Gasteiger partial charge < -0.3 is 19.7 Å². The molecule has 0 atom stereocenters. The van der Waals surface area contributed by atoms with E-state index in [1.54, 1.807) is 30.3 Å². The number of ether oxygens (including phenoxy) is 2. The molecule has 0 fully saturated rings. The highest BCUT2D eigenvalue weighted by molar-refractivity contribution is 5.90. The predicted molar refractivity (Wildman–Crippen MR) is 176 cm³/mol. The topological polar surface area (TPSA) is 93.1 Å². The normalized spacial score (nSPS) is 11.8. The van der Waals surface area contributed by atoms with Crippen LogP contribution in [0, 0.1) is 5.82 Å². The summed E-state index contributed by atoms with van der Waals surface area (Å²) in [5.41, 5.74) is 1.57. The Morgan fingerprint density at radius 3 is 1.71 bits per heavy atom. The van der Waals surface area contributed by atoms with Crippen molar-refractivity contribution >= 4 is 11.9 Å². The maximum absolute atomic E-state index is 15.4. The van der Waals surface area contributed by atoms with E-state index in [1.165, 1.54) is 52.2 Å². The van der Waals surface area contributed by atoms with Gasteiger partial charge in [-0.15, -0.1) is 0 Å². The minimum Gasteiger partial charge on any atom is -0.461 e. The number of hydrogen-bond donors (Lipinski definition) is 2. The van der Waals surface area contributed by atoms with Crippen LogP contribution < -0.4 is 0 Å². The van der Waals surface area contributed by atoms with Gasteiger partial charge in [0, 0.05) is 5.56 Å². The SMILES string of the molecule is C=C(C(=O)OCC(COC(=O)C(=C)C(C)(C)O)c1ccc(-c2ccc(-c3ccc(CCCCC)cc3)cc2F)cc1)C(C)(C)O. The van der Waals surface area contributed by atoms with Crippen LogP contribution in [0.5, 0.6) is 0 Å². The van der Waals surface area contributed by atoms with Crippen molar-refractivity contribution in [2.24, 2.45) is 0 Å². The number of unbranched alkanes of at least 4 members (excludes halogenated alkanes) is 2. The maximum atomic E-state index is 15.4. The molecule has 0 unspecified atom stereocenters. The largest absolute Gasteiger partial charge is 0.461 e. The van der Waals surface area contributed by atoms with Gasteiger partial charge in [-0.3, -0.25) is 0 Å². The fraction of sp³-hybridized carbons (Fsp3) is 0.368. The molecule has 2 N–H and O–H groups in total. The molecule has 45 heavy (non-hydrogen) atoms. The quantitative estimate of drug-likeness (QED) is 0.103. The molecule has 0 aromatic heterocycles. The van der Waals surface area contributed by atoms with Crippen molar-refractivity contribution in [2.45, 2.75) is 77.4 Å². The predicted octanol–water partition coefficient (Wildman–Crippen LogP) is 7.72. The van der Waals surface area contributed by atoms with Crippen LogP contribution in [0.4, 0.5) is 4.39 Å². The summed E-state index contributed by atoms with van der Waals surface area (Å²) in [5, 5.41) is 20.2. The van der Waals surface area contributed by atoms with Gasteiger partial charge >= 0.3 is 11.9 Å². The first-order valence-corrected chi connectivity index (χ1v) is 15.3. The third-order valence-corrected chi connectivity index (χ3v) is 7.82. The lowest BCUT2D eigenvalue weighted by Crippen LogP contribution is -2.30. The summed E-state index contributed by atoms with van der Waals surface area (Å²) >= 11 is 0. The molecule has 3 aromatic carbocycles. The van der Waals surface area contributed by atoms with Crippen LogP contribution in [0.1, 0.15) is 70.9 Å². The first-order valence-electron chi connectivity index (χ1n) is 15.3. The fourth-order valence-corrected chi connectivity index (χ4v) is 4.57. The first kappa shape index (κ1) is 35.4. The number of aliphatic hydroxyl groups is 2. The fourth-order valence-electron chi connectivity index (χ4n) is 4.57. The molecule has 0 amide bonds. The van der Waals surface area contributed by atoms with E-state index in [0.29, 0.717) is 16.7 Å². The van der Waals surface area contributed by atoms with Gasteiger partial charge in [0.2, 0.25) is 0 Å². The van der Waals surface area contributed by atoms with E-state index in [1.807, 2.05) is 18.2 Å². The van der Waals surface area contributed by atoms with E-state index < -0.39 is 29.1 Å². The highest BCUT2D eigenvalue weighted by Crippen LogP contribution is 2.30. The van der Waals surface area contributed by atoms with E-state index in [4.69, 9.17) is 9.47 Å². The van der Waals surface area contributed by atoms with Gasteiger partial charge in [-0.25, -0.2) is 14.0 Å². The van der Waals surface area contributed by atoms with E-state index in [9.17, 15) is 19.8 Å². The van der Waals surface area contributed by atoms with Gasteiger partial charge in [0.1, 0.15) is 19.0 Å². The maximum Gasteiger partial charge on any atom is 0.336 e. The van der Waals surface area contributed by atoms with Crippen LogP contribution >= 0.6 is 0 Å². The molecule has 0 aliphatic carbocycles. The van der Waals surface area contributed by atoms with Gasteiger partial charge in [0.25, 0.3) is 0 Å². The summed E-state index contributed by atoms with van der Waals surface area (Å²) in [7, 11) is 0. The Labute approximate surface area is 266 Å². The number of benzene rings is 3. The summed E-state index contributed by atoms with van der Waals surface area (Å²) < 4.78 is 26.2. The molecule has 240 valence electrons. The molecule has 3 rings (SSSR count). The molecule has 0 saturated carbocycles. The zero-order chi connectivity index (χ0) is 33.4. The van der Waals surface area contributed by atoms with Gasteiger partial charge in [-0.1, -0.05) is 93.6 Å². The van der Waals surface area contributed by atoms with Crippen molar-refractivity contribution in [3.63, 3.8) is 0 Å². The molecule has 0 bridgehead atoms. The molecule has 0 radical (unpaired) electrons. The van der Waals surface area contributed by atoms with Crippen molar-refractivity contribution < 1.29 is 33.7 Å². The molecular weight excluding hydrogens is 571 g/mol. The van der Waals surface area contributed by atoms with Crippen LogP contribution in [0.3, 0.4) is 0 Å². The molecule has 0 saturated heterocycles. The van der Waals surface area contributed by atoms with Crippen LogP contribution in [0.2, 0.25) is 0 Å². The van der Waals surface area contributed by atoms with Crippen molar-refractivity contribution in [3.8, 4) is 22.3 Å². The standard InChI is InChI=1S/C38H45FO6/c1-8-9-10-11-27-12-14-28(15-13-27)31-20-21-33(34(39)22-31)30-18-16-29(17-19-30)32(23-44-35(40)25(2)37(4,5)42)24-45-36(41)26(3)38(6,7)43/h12-22,32,42-43H,2-3,8-11,23-24H2,1,4-7H3. The van der Waals surface area contributed by atoms with Crippen LogP contribution in [-0.2, 0) is 25.5 Å². The Bertz CT molecular complexity index is 1450. The van der Waals surface area contributed by atoms with E-state index in [2.05, 4.69) is 32.2 Å². The minimum absolute atomic E-state index is 0.120. The molecular formula is C38H45FO6. The number of rotatable bonds is 15. The molecule has 0 aliphatic heterocycles. The number of hydrogen-bond acceptors (Lipinski definition) is 6. The Kier molecular flexibility index (Phi) is 12.0. The molecule has 3 aromatic rings. The van der Waals surface area contributed by atoms with E-state index in [-0.39, 0.29) is 30.2 Å². The Morgan fingerprint density at radius 2 is 1.24 bits per heavy atom. The van der Waals surface area contributed by atoms with Crippen molar-refractivity contribution in [2.75, 3.05) is 13.2 Å². The summed E-state index contributed by atoms with van der Waals surface area (Å²) in [5.74, 6) is -2.54. The van der Waals surface area contributed by atoms with Crippen molar-refractivity contribution in [1.82, 2.24) is 0 Å². The minimum atomic E-state index is -1.47. The van der Waals surface area contributed by atoms with Crippen molar-refractivity contribution in [3.05, 3.63) is 108 Å². The average molecular weight is 617 g/mol. The lowest BCUT2D eigenvalue weighted by molar-refractivity contribution is -0.144. The van der Waals surface area contributed by atoms with E-state index >= 15 is 4.39 Å². The molecule has 0 heterocycles. The second-order valence-corrected chi connectivity index (χ2v) is 12.4. The summed E-state index contributed by atoms with van der Waals surface area (Å²) in [6.45, 7) is 14.7. The highest BCUT2D eigenvalue weighted by atomic mass is 19.1. The lowest BCUT2D eigenvalue weighted by Gasteiger charge is -2.23. The number of halogens is 1. The van der Waals surface area contributed by atoms with Crippen LogP contribution in [-0.4, -0.2) is 46.6 Å². The number of carbonyl (C=O) groups excluding carboxylic acids is 2. The molecule has 7 heteroatoms. The number of carbonyl (C=O) groups is 2. The van der Waals surface area contributed by atoms with Gasteiger partial charge in [-0.05, 0) is 74.4 Å². The molecule has 0 spiro atoms. The molecule has 0 aliphatic rings.